The van der Waals surface area contributed by atoms with E-state index in [0.717, 1.165) is 17.3 Å². The fourth-order valence-corrected chi connectivity index (χ4v) is 1.32. The van der Waals surface area contributed by atoms with Crippen LogP contribution in [0.15, 0.2) is 24.3 Å². The van der Waals surface area contributed by atoms with Crippen LogP contribution in [0.4, 0.5) is 0 Å². The van der Waals surface area contributed by atoms with Gasteiger partial charge in [0.2, 0.25) is 0 Å². The molecule has 0 atom stereocenters. The minimum atomic E-state index is 0.740. The summed E-state index contributed by atoms with van der Waals surface area (Å²) >= 11 is 3.27. The summed E-state index contributed by atoms with van der Waals surface area (Å²) in [7, 11) is 0. The van der Waals surface area contributed by atoms with Gasteiger partial charge in [-0.05, 0) is 24.1 Å². The maximum absolute atomic E-state index is 3.27. The van der Waals surface area contributed by atoms with E-state index in [0.29, 0.717) is 0 Å². The van der Waals surface area contributed by atoms with Crippen LogP contribution in [0.25, 0.3) is 0 Å². The van der Waals surface area contributed by atoms with Gasteiger partial charge in [-0.15, -0.1) is 0 Å². The van der Waals surface area contributed by atoms with Crippen molar-refractivity contribution >= 4 is 15.9 Å². The Balaban J connectivity index is 2.69. The molecule has 0 saturated heterocycles. The van der Waals surface area contributed by atoms with Crippen LogP contribution >= 0.6 is 15.9 Å². The quantitative estimate of drug-likeness (QED) is 0.546. The summed E-state index contributed by atoms with van der Waals surface area (Å²) in [6, 6.07) is 8.48. The summed E-state index contributed by atoms with van der Waals surface area (Å²) in [6.07, 6.45) is 2.36. The van der Waals surface area contributed by atoms with Crippen LogP contribution in [-0.4, -0.2) is 5.33 Å². The van der Waals surface area contributed by atoms with Crippen LogP contribution in [-0.2, 0) is 6.42 Å². The number of halogens is 1. The number of hydrogen-bond donors (Lipinski definition) is 0. The van der Waals surface area contributed by atoms with Gasteiger partial charge in [-0.3, -0.25) is 0 Å². The van der Waals surface area contributed by atoms with Gasteiger partial charge < -0.3 is 0 Å². The second kappa shape index (κ2) is 5.83. The summed E-state index contributed by atoms with van der Waals surface area (Å²) in [5, 5.41) is 0.740. The van der Waals surface area contributed by atoms with Crippen molar-refractivity contribution in [3.8, 4) is 11.8 Å². The minimum Gasteiger partial charge on any atom is -0.0863 e. The predicted molar refractivity (Wildman–Crippen MR) is 61.1 cm³/mol. The third-order valence-corrected chi connectivity index (χ3v) is 2.07. The first-order chi connectivity index (χ1) is 6.36. The fourth-order valence-electron chi connectivity index (χ4n) is 1.18. The molecule has 0 aliphatic heterocycles. The van der Waals surface area contributed by atoms with E-state index in [1.165, 1.54) is 12.0 Å². The SMILES string of the molecule is CCCc1ccc(C#CCBr)cc1. The second-order valence-electron chi connectivity index (χ2n) is 2.88. The van der Waals surface area contributed by atoms with E-state index in [1.807, 2.05) is 0 Å². The third-order valence-electron chi connectivity index (χ3n) is 1.79. The Morgan fingerprint density at radius 1 is 1.23 bits per heavy atom. The van der Waals surface area contributed by atoms with Gasteiger partial charge in [0.25, 0.3) is 0 Å². The topological polar surface area (TPSA) is 0 Å². The zero-order valence-electron chi connectivity index (χ0n) is 7.81. The van der Waals surface area contributed by atoms with Gasteiger partial charge in [-0.25, -0.2) is 0 Å². The monoisotopic (exact) mass is 236 g/mol. The lowest BCUT2D eigenvalue weighted by Gasteiger charge is -1.97. The van der Waals surface area contributed by atoms with Gasteiger partial charge in [0, 0.05) is 5.56 Å². The van der Waals surface area contributed by atoms with Crippen molar-refractivity contribution < 1.29 is 0 Å². The summed E-state index contributed by atoms with van der Waals surface area (Å²) in [5.74, 6) is 6.05. The first kappa shape index (κ1) is 10.3. The molecule has 0 aromatic heterocycles. The highest BCUT2D eigenvalue weighted by atomic mass is 79.9. The van der Waals surface area contributed by atoms with Crippen molar-refractivity contribution in [2.75, 3.05) is 5.33 Å². The van der Waals surface area contributed by atoms with Crippen molar-refractivity contribution in [3.05, 3.63) is 35.4 Å². The number of benzene rings is 1. The molecule has 0 heterocycles. The molecule has 68 valence electrons. The molecular formula is C12H13Br. The molecule has 1 aromatic rings. The summed E-state index contributed by atoms with van der Waals surface area (Å²) < 4.78 is 0. The van der Waals surface area contributed by atoms with Crippen LogP contribution in [0.5, 0.6) is 0 Å². The number of rotatable bonds is 2. The van der Waals surface area contributed by atoms with E-state index in [4.69, 9.17) is 0 Å². The number of alkyl halides is 1. The molecule has 0 fully saturated rings. The van der Waals surface area contributed by atoms with E-state index in [1.54, 1.807) is 0 Å². The van der Waals surface area contributed by atoms with Crippen molar-refractivity contribution in [2.45, 2.75) is 19.8 Å². The van der Waals surface area contributed by atoms with Gasteiger partial charge >= 0.3 is 0 Å². The smallest absolute Gasteiger partial charge is 0.0649 e. The average molecular weight is 237 g/mol. The number of hydrogen-bond acceptors (Lipinski definition) is 0. The van der Waals surface area contributed by atoms with Crippen molar-refractivity contribution in [3.63, 3.8) is 0 Å². The van der Waals surface area contributed by atoms with Gasteiger partial charge in [-0.1, -0.05) is 53.2 Å². The summed E-state index contributed by atoms with van der Waals surface area (Å²) in [6.45, 7) is 2.19. The van der Waals surface area contributed by atoms with Crippen LogP contribution < -0.4 is 0 Å². The molecule has 0 aliphatic rings. The normalized spacial score (nSPS) is 9.08. The summed E-state index contributed by atoms with van der Waals surface area (Å²) in [5.41, 5.74) is 2.49. The van der Waals surface area contributed by atoms with Gasteiger partial charge in [0.05, 0.1) is 5.33 Å². The molecule has 1 rings (SSSR count). The van der Waals surface area contributed by atoms with Gasteiger partial charge in [0.1, 0.15) is 0 Å². The highest BCUT2D eigenvalue weighted by Crippen LogP contribution is 2.05. The molecule has 0 aliphatic carbocycles. The first-order valence-electron chi connectivity index (χ1n) is 4.50. The van der Waals surface area contributed by atoms with E-state index in [9.17, 15) is 0 Å². The molecule has 1 heteroatoms. The van der Waals surface area contributed by atoms with E-state index in [-0.39, 0.29) is 0 Å². The molecule has 0 bridgehead atoms. The van der Waals surface area contributed by atoms with E-state index < -0.39 is 0 Å². The van der Waals surface area contributed by atoms with Crippen molar-refractivity contribution in [1.29, 1.82) is 0 Å². The Morgan fingerprint density at radius 3 is 2.46 bits per heavy atom. The third kappa shape index (κ3) is 3.65. The largest absolute Gasteiger partial charge is 0.0863 e. The highest BCUT2D eigenvalue weighted by molar-refractivity contribution is 9.09. The number of aryl methyl sites for hydroxylation is 1. The molecule has 0 unspecified atom stereocenters. The maximum atomic E-state index is 3.27. The van der Waals surface area contributed by atoms with E-state index >= 15 is 0 Å². The molecule has 0 spiro atoms. The minimum absolute atomic E-state index is 0.740. The second-order valence-corrected chi connectivity index (χ2v) is 3.44. The average Bonchev–Trinajstić information content (AvgIpc) is 2.17. The first-order valence-corrected chi connectivity index (χ1v) is 5.62. The molecule has 13 heavy (non-hydrogen) atoms. The Labute approximate surface area is 88.5 Å². The van der Waals surface area contributed by atoms with Gasteiger partial charge in [0.15, 0.2) is 0 Å². The summed E-state index contributed by atoms with van der Waals surface area (Å²) in [4.78, 5) is 0. The van der Waals surface area contributed by atoms with Crippen LogP contribution in [0, 0.1) is 11.8 Å². The fraction of sp³-hybridized carbons (Fsp3) is 0.333. The Morgan fingerprint density at radius 2 is 1.92 bits per heavy atom. The molecule has 0 nitrogen and oxygen atoms in total. The highest BCUT2D eigenvalue weighted by Gasteiger charge is 1.90. The molecule has 0 radical (unpaired) electrons. The maximum Gasteiger partial charge on any atom is 0.0649 e. The lowest BCUT2D eigenvalue weighted by molar-refractivity contribution is 0.922. The van der Waals surface area contributed by atoms with Crippen molar-refractivity contribution in [2.24, 2.45) is 0 Å². The Bertz CT molecular complexity index is 300. The Kier molecular flexibility index (Phi) is 4.64. The zero-order chi connectivity index (χ0) is 9.52. The predicted octanol–water partition coefficient (Wildman–Crippen LogP) is 3.39. The molecule has 0 N–H and O–H groups in total. The molecule has 1 aromatic carbocycles. The Hall–Kier alpha value is -0.740. The molecule has 0 saturated carbocycles. The lowest BCUT2D eigenvalue weighted by atomic mass is 10.1. The van der Waals surface area contributed by atoms with Crippen LogP contribution in [0.2, 0.25) is 0 Å². The van der Waals surface area contributed by atoms with E-state index in [2.05, 4.69) is 59.0 Å². The zero-order valence-corrected chi connectivity index (χ0v) is 9.39. The van der Waals surface area contributed by atoms with Crippen molar-refractivity contribution in [1.82, 2.24) is 0 Å². The van der Waals surface area contributed by atoms with Crippen LogP contribution in [0.3, 0.4) is 0 Å². The molecular weight excluding hydrogens is 224 g/mol. The molecule has 0 amide bonds. The van der Waals surface area contributed by atoms with Gasteiger partial charge in [-0.2, -0.15) is 0 Å². The van der Waals surface area contributed by atoms with Crippen LogP contribution in [0.1, 0.15) is 24.5 Å². The lowest BCUT2D eigenvalue weighted by Crippen LogP contribution is -1.82. The standard InChI is InChI=1S/C12H13Br/c1-2-4-11-6-8-12(9-7-11)5-3-10-13/h6-9H,2,4,10H2,1H3.